The van der Waals surface area contributed by atoms with Gasteiger partial charge in [-0.15, -0.1) is 22.7 Å². The van der Waals surface area contributed by atoms with Crippen LogP contribution in [0.4, 0.5) is 5.00 Å². The van der Waals surface area contributed by atoms with Crippen molar-refractivity contribution in [3.05, 3.63) is 43.1 Å². The molecule has 3 rings (SSSR count). The normalized spacial score (nSPS) is 10.9. The molecule has 0 radical (unpaired) electrons. The van der Waals surface area contributed by atoms with Gasteiger partial charge in [0.2, 0.25) is 5.91 Å². The zero-order chi connectivity index (χ0) is 22.9. The largest absolute Gasteiger partial charge is 0.462 e. The number of nitrogens with one attached hydrogen (secondary N) is 2. The summed E-state index contributed by atoms with van der Waals surface area (Å²) >= 11 is 2.41. The third-order valence-electron chi connectivity index (χ3n) is 4.78. The predicted molar refractivity (Wildman–Crippen MR) is 120 cm³/mol. The van der Waals surface area contributed by atoms with Crippen LogP contribution in [0.2, 0.25) is 0 Å². The van der Waals surface area contributed by atoms with Crippen LogP contribution in [0.1, 0.15) is 43.0 Å². The van der Waals surface area contributed by atoms with Crippen LogP contribution in [0.25, 0.3) is 10.2 Å². The molecule has 3 aromatic rings. The van der Waals surface area contributed by atoms with Crippen LogP contribution >= 0.6 is 22.7 Å². The number of hydrogen-bond acceptors (Lipinski definition) is 8. The van der Waals surface area contributed by atoms with Gasteiger partial charge in [0, 0.05) is 11.9 Å². The Bertz CT molecular complexity index is 1250. The number of anilines is 1. The zero-order valence-electron chi connectivity index (χ0n) is 17.7. The Morgan fingerprint density at radius 3 is 2.52 bits per heavy atom. The molecule has 0 aliphatic carbocycles. The summed E-state index contributed by atoms with van der Waals surface area (Å²) in [5.41, 5.74) is 1.09. The van der Waals surface area contributed by atoms with Gasteiger partial charge in [0.15, 0.2) is 0 Å². The van der Waals surface area contributed by atoms with Gasteiger partial charge in [-0.3, -0.25) is 19.0 Å². The Kier molecular flexibility index (Phi) is 6.56. The van der Waals surface area contributed by atoms with Gasteiger partial charge in [-0.2, -0.15) is 0 Å². The highest BCUT2D eigenvalue weighted by Crippen LogP contribution is 2.34. The molecule has 11 heteroatoms. The van der Waals surface area contributed by atoms with Gasteiger partial charge in [-0.1, -0.05) is 0 Å². The second-order valence-electron chi connectivity index (χ2n) is 6.75. The van der Waals surface area contributed by atoms with Crippen LogP contribution < -0.4 is 16.2 Å². The molecule has 0 saturated heterocycles. The van der Waals surface area contributed by atoms with E-state index in [1.807, 2.05) is 13.8 Å². The molecule has 0 saturated carbocycles. The minimum atomic E-state index is -0.633. The van der Waals surface area contributed by atoms with Crippen LogP contribution in [0.3, 0.4) is 0 Å². The zero-order valence-corrected chi connectivity index (χ0v) is 19.4. The maximum atomic E-state index is 12.8. The first-order valence-electron chi connectivity index (χ1n) is 9.47. The predicted octanol–water partition coefficient (Wildman–Crippen LogP) is 2.62. The quantitative estimate of drug-likeness (QED) is 0.544. The highest BCUT2D eigenvalue weighted by molar-refractivity contribution is 7.19. The molecule has 0 aliphatic heterocycles. The number of carbonyl (C=O) groups excluding carboxylic acids is 3. The molecular weight excluding hydrogens is 440 g/mol. The van der Waals surface area contributed by atoms with Gasteiger partial charge in [0.25, 0.3) is 11.5 Å². The van der Waals surface area contributed by atoms with Crippen molar-refractivity contribution in [1.82, 2.24) is 14.9 Å². The Balaban J connectivity index is 1.93. The van der Waals surface area contributed by atoms with Crippen LogP contribution in [0, 0.1) is 20.8 Å². The Labute approximate surface area is 186 Å². The fourth-order valence-electron chi connectivity index (χ4n) is 3.08. The van der Waals surface area contributed by atoms with Gasteiger partial charge in [-0.25, -0.2) is 9.78 Å². The van der Waals surface area contributed by atoms with E-state index in [1.165, 1.54) is 29.3 Å². The van der Waals surface area contributed by atoms with Gasteiger partial charge in [0.1, 0.15) is 16.4 Å². The number of fused-ring (bicyclic) bond motifs is 1. The third kappa shape index (κ3) is 4.23. The van der Waals surface area contributed by atoms with Crippen molar-refractivity contribution in [2.45, 2.75) is 34.2 Å². The Hall–Kier alpha value is -3.05. The molecule has 164 valence electrons. The summed E-state index contributed by atoms with van der Waals surface area (Å²) in [4.78, 5) is 56.3. The van der Waals surface area contributed by atoms with Crippen molar-refractivity contribution < 1.29 is 19.1 Å². The molecule has 0 bridgehead atoms. The third-order valence-corrected chi connectivity index (χ3v) is 7.10. The number of nitrogens with zero attached hydrogens (tertiary/aromatic N) is 2. The molecule has 3 heterocycles. The average Bonchev–Trinajstić information content (AvgIpc) is 3.20. The topological polar surface area (TPSA) is 119 Å². The van der Waals surface area contributed by atoms with E-state index in [0.29, 0.717) is 20.7 Å². The number of esters is 1. The van der Waals surface area contributed by atoms with Crippen molar-refractivity contribution in [2.24, 2.45) is 0 Å². The molecule has 2 N–H and O–H groups in total. The number of ether oxygens (including phenoxy) is 1. The van der Waals surface area contributed by atoms with E-state index in [9.17, 15) is 19.2 Å². The second kappa shape index (κ2) is 8.98. The van der Waals surface area contributed by atoms with Crippen LogP contribution in [0.5, 0.6) is 0 Å². The summed E-state index contributed by atoms with van der Waals surface area (Å²) in [5.74, 6) is -1.53. The number of carbonyl (C=O) groups is 3. The number of amides is 2. The molecule has 2 amide bonds. The molecule has 0 aliphatic rings. The lowest BCUT2D eigenvalue weighted by Gasteiger charge is -2.08. The van der Waals surface area contributed by atoms with Crippen molar-refractivity contribution in [3.63, 3.8) is 0 Å². The molecule has 0 fully saturated rings. The minimum absolute atomic E-state index is 0.129. The lowest BCUT2D eigenvalue weighted by Crippen LogP contribution is -2.28. The monoisotopic (exact) mass is 462 g/mol. The number of aromatic nitrogens is 2. The highest BCUT2D eigenvalue weighted by atomic mass is 32.1. The smallest absolute Gasteiger partial charge is 0.341 e. The molecule has 0 unspecified atom stereocenters. The van der Waals surface area contributed by atoms with E-state index >= 15 is 0 Å². The van der Waals surface area contributed by atoms with Crippen molar-refractivity contribution in [3.8, 4) is 0 Å². The van der Waals surface area contributed by atoms with Crippen molar-refractivity contribution >= 4 is 55.7 Å². The number of aryl methyl sites for hydroxylation is 2. The van der Waals surface area contributed by atoms with Crippen molar-refractivity contribution in [2.75, 3.05) is 19.0 Å². The number of rotatable bonds is 6. The van der Waals surface area contributed by atoms with Gasteiger partial charge in [0.05, 0.1) is 28.8 Å². The summed E-state index contributed by atoms with van der Waals surface area (Å²) in [6.07, 6.45) is 1.33. The molecule has 0 aromatic carbocycles. The second-order valence-corrected chi connectivity index (χ2v) is 8.97. The Morgan fingerprint density at radius 2 is 1.87 bits per heavy atom. The lowest BCUT2D eigenvalue weighted by molar-refractivity contribution is -0.116. The van der Waals surface area contributed by atoms with Crippen LogP contribution in [-0.2, 0) is 16.1 Å². The van der Waals surface area contributed by atoms with E-state index in [4.69, 9.17) is 4.74 Å². The van der Waals surface area contributed by atoms with E-state index in [1.54, 1.807) is 13.8 Å². The summed E-state index contributed by atoms with van der Waals surface area (Å²) in [6, 6.07) is 0. The van der Waals surface area contributed by atoms with Gasteiger partial charge < -0.3 is 15.4 Å². The highest BCUT2D eigenvalue weighted by Gasteiger charge is 2.26. The SMILES string of the molecule is CCOC(=O)c1c(NC(=O)Cn2cnc3sc(C)c(C)c3c2=O)sc(C(=O)NC)c1C. The molecular formula is C20H22N4O5S2. The summed E-state index contributed by atoms with van der Waals surface area (Å²) in [6.45, 7) is 6.91. The molecule has 0 spiro atoms. The average molecular weight is 463 g/mol. The summed E-state index contributed by atoms with van der Waals surface area (Å²) in [5, 5.41) is 5.86. The van der Waals surface area contributed by atoms with Crippen LogP contribution in [-0.4, -0.2) is 41.0 Å². The van der Waals surface area contributed by atoms with Crippen molar-refractivity contribution in [1.29, 1.82) is 0 Å². The molecule has 0 atom stereocenters. The first kappa shape index (κ1) is 22.6. The standard InChI is InChI=1S/C20H22N4O5S2/c1-6-29-20(28)14-10(3)15(16(26)21-5)31-18(14)23-12(25)7-24-8-22-17-13(19(24)27)9(2)11(4)30-17/h8H,6-7H2,1-5H3,(H,21,26)(H,23,25). The Morgan fingerprint density at radius 1 is 1.16 bits per heavy atom. The summed E-state index contributed by atoms with van der Waals surface area (Å²) < 4.78 is 6.30. The maximum absolute atomic E-state index is 12.8. The fourth-order valence-corrected chi connectivity index (χ4v) is 5.23. The fraction of sp³-hybridized carbons (Fsp3) is 0.350. The lowest BCUT2D eigenvalue weighted by atomic mass is 10.1. The first-order valence-corrected chi connectivity index (χ1v) is 11.1. The molecule has 3 aromatic heterocycles. The maximum Gasteiger partial charge on any atom is 0.341 e. The van der Waals surface area contributed by atoms with Crippen LogP contribution in [0.15, 0.2) is 11.1 Å². The van der Waals surface area contributed by atoms with E-state index in [-0.39, 0.29) is 35.2 Å². The molecule has 31 heavy (non-hydrogen) atoms. The van der Waals surface area contributed by atoms with E-state index in [2.05, 4.69) is 15.6 Å². The minimum Gasteiger partial charge on any atom is -0.462 e. The van der Waals surface area contributed by atoms with Gasteiger partial charge >= 0.3 is 5.97 Å². The van der Waals surface area contributed by atoms with E-state index in [0.717, 1.165) is 21.8 Å². The number of hydrogen-bond donors (Lipinski definition) is 2. The van der Waals surface area contributed by atoms with Gasteiger partial charge in [-0.05, 0) is 38.8 Å². The van der Waals surface area contributed by atoms with E-state index < -0.39 is 11.9 Å². The number of thiophene rings is 2. The summed E-state index contributed by atoms with van der Waals surface area (Å²) in [7, 11) is 1.48. The molecule has 9 nitrogen and oxygen atoms in total. The first-order chi connectivity index (χ1) is 14.7.